The number of hydrogen-bond donors (Lipinski definition) is 6. The van der Waals surface area contributed by atoms with Crippen LogP contribution in [0.1, 0.15) is 52.4 Å². The number of allylic oxidation sites excluding steroid dienone is 1. The summed E-state index contributed by atoms with van der Waals surface area (Å²) in [6, 6.07) is 0. The topological polar surface area (TPSA) is 138 Å². The predicted molar refractivity (Wildman–Crippen MR) is 106 cm³/mol. The van der Waals surface area contributed by atoms with Crippen LogP contribution in [0.3, 0.4) is 0 Å². The Kier molecular flexibility index (Phi) is 5.77. The lowest BCUT2D eigenvalue weighted by atomic mass is 9.46. The van der Waals surface area contributed by atoms with Crippen LogP contribution in [0, 0.1) is 22.7 Å². The fourth-order valence-corrected chi connectivity index (χ4v) is 6.33. The summed E-state index contributed by atoms with van der Waals surface area (Å²) in [6.07, 6.45) is 0.954. The average molecular weight is 411 g/mol. The number of carbonyl (C=O) groups is 1. The summed E-state index contributed by atoms with van der Waals surface area (Å²) in [6.45, 7) is 7.45. The first-order valence-electron chi connectivity index (χ1n) is 10.4. The van der Waals surface area contributed by atoms with Crippen LogP contribution in [0.4, 0.5) is 0 Å². The third-order valence-corrected chi connectivity index (χ3v) is 8.23. The van der Waals surface area contributed by atoms with E-state index >= 15 is 0 Å². The molecule has 0 saturated heterocycles. The van der Waals surface area contributed by atoms with E-state index in [2.05, 4.69) is 20.4 Å². The quantitative estimate of drug-likeness (QED) is 0.380. The zero-order chi connectivity index (χ0) is 21.8. The third-order valence-electron chi connectivity index (χ3n) is 8.23. The Balaban J connectivity index is 2.00. The van der Waals surface area contributed by atoms with Crippen molar-refractivity contribution in [1.82, 2.24) is 0 Å². The number of aliphatic hydroxyl groups excluding tert-OH is 5. The molecule has 0 aromatic rings. The van der Waals surface area contributed by atoms with E-state index in [0.717, 1.165) is 37.7 Å². The monoisotopic (exact) mass is 410 g/mol. The minimum atomic E-state index is -2.62. The molecule has 0 radical (unpaired) electrons. The Morgan fingerprint density at radius 1 is 1.14 bits per heavy atom. The highest BCUT2D eigenvalue weighted by molar-refractivity contribution is 6.02. The number of aliphatic hydroxyl groups is 6. The van der Waals surface area contributed by atoms with Gasteiger partial charge in [0, 0.05) is 12.2 Å². The smallest absolute Gasteiger partial charge is 0.233 e. The van der Waals surface area contributed by atoms with Crippen LogP contribution >= 0.6 is 0 Å². The highest BCUT2D eigenvalue weighted by Gasteiger charge is 2.57. The van der Waals surface area contributed by atoms with Gasteiger partial charge in [0.1, 0.15) is 12.2 Å². The van der Waals surface area contributed by atoms with Gasteiger partial charge in [0.15, 0.2) is 11.4 Å². The van der Waals surface area contributed by atoms with E-state index in [0.29, 0.717) is 0 Å². The molecule has 164 valence electrons. The molecule has 7 heteroatoms. The van der Waals surface area contributed by atoms with E-state index in [1.54, 1.807) is 0 Å². The number of fused-ring (bicyclic) bond motifs is 1. The third kappa shape index (κ3) is 3.18. The molecule has 2 saturated carbocycles. The van der Waals surface area contributed by atoms with Crippen LogP contribution in [0.15, 0.2) is 23.5 Å². The zero-order valence-corrected chi connectivity index (χ0v) is 17.3. The van der Waals surface area contributed by atoms with Crippen molar-refractivity contribution in [2.75, 3.05) is 13.2 Å². The molecule has 1 unspecified atom stereocenters. The molecule has 7 nitrogen and oxygen atoms in total. The number of ketones is 1. The Morgan fingerprint density at radius 3 is 2.38 bits per heavy atom. The second-order valence-corrected chi connectivity index (χ2v) is 9.85. The van der Waals surface area contributed by atoms with Crippen molar-refractivity contribution in [1.29, 1.82) is 0 Å². The van der Waals surface area contributed by atoms with Crippen LogP contribution in [0.2, 0.25) is 0 Å². The van der Waals surface area contributed by atoms with Gasteiger partial charge < -0.3 is 30.6 Å². The van der Waals surface area contributed by atoms with Gasteiger partial charge in [-0.3, -0.25) is 4.79 Å². The normalized spacial score (nSPS) is 46.0. The van der Waals surface area contributed by atoms with Gasteiger partial charge in [-0.05, 0) is 54.8 Å². The number of carbonyl (C=O) groups excluding carboxylic acids is 1. The van der Waals surface area contributed by atoms with Crippen molar-refractivity contribution < 1.29 is 35.4 Å². The van der Waals surface area contributed by atoms with E-state index < -0.39 is 36.0 Å². The maximum absolute atomic E-state index is 12.4. The molecule has 0 aromatic carbocycles. The summed E-state index contributed by atoms with van der Waals surface area (Å²) < 4.78 is 0. The standard InChI is InChI=1S/C22H34O7/c1-12-5-6-15-20(2,10-23)7-4-8-21(15,3)14(12)9-13-16(25)18(27)22(29,11-24)19(28)17(13)26/h14-16,18,23-27,29H,1,4-11H2,2-3H3/t14-,15?,16-,18+,20-,21+,22-/m0/s1. The minimum absolute atomic E-state index is 0.0232. The van der Waals surface area contributed by atoms with Crippen molar-refractivity contribution in [3.63, 3.8) is 0 Å². The summed E-state index contributed by atoms with van der Waals surface area (Å²) >= 11 is 0. The molecule has 3 aliphatic carbocycles. The fourth-order valence-electron chi connectivity index (χ4n) is 6.33. The van der Waals surface area contributed by atoms with Crippen molar-refractivity contribution in [3.8, 4) is 0 Å². The lowest BCUT2D eigenvalue weighted by Crippen LogP contribution is -2.61. The number of Topliss-reactive ketones (excluding diaryl/α,β-unsaturated/α-hetero) is 1. The lowest BCUT2D eigenvalue weighted by Gasteiger charge is -2.58. The molecule has 0 bridgehead atoms. The summed E-state index contributed by atoms with van der Waals surface area (Å²) in [7, 11) is 0. The van der Waals surface area contributed by atoms with Gasteiger partial charge in [-0.15, -0.1) is 0 Å². The predicted octanol–water partition coefficient (Wildman–Crippen LogP) is 0.988. The molecule has 6 N–H and O–H groups in total. The molecule has 3 aliphatic rings. The van der Waals surface area contributed by atoms with Gasteiger partial charge in [-0.2, -0.15) is 0 Å². The van der Waals surface area contributed by atoms with E-state index in [-0.39, 0.29) is 41.3 Å². The highest BCUT2D eigenvalue weighted by Crippen LogP contribution is 2.62. The second-order valence-electron chi connectivity index (χ2n) is 9.85. The highest BCUT2D eigenvalue weighted by atomic mass is 16.4. The minimum Gasteiger partial charge on any atom is -0.504 e. The molecular formula is C22H34O7. The molecular weight excluding hydrogens is 376 g/mol. The SMILES string of the molecule is C=C1CCC2[C@](C)(CO)CCC[C@]2(C)[C@H]1CC1=C(O)C(=O)[C@](O)(CO)[C@H](O)[C@H]1O. The van der Waals surface area contributed by atoms with Crippen LogP contribution < -0.4 is 0 Å². The largest absolute Gasteiger partial charge is 0.504 e. The maximum Gasteiger partial charge on any atom is 0.233 e. The Hall–Kier alpha value is -1.25. The van der Waals surface area contributed by atoms with Crippen LogP contribution in [-0.4, -0.2) is 67.4 Å². The summed E-state index contributed by atoms with van der Waals surface area (Å²) in [5.41, 5.74) is -2.14. The van der Waals surface area contributed by atoms with Crippen molar-refractivity contribution >= 4 is 5.78 Å². The molecule has 0 spiro atoms. The molecule has 3 rings (SSSR count). The summed E-state index contributed by atoms with van der Waals surface area (Å²) in [5, 5.41) is 61.0. The molecule has 2 fully saturated rings. The Morgan fingerprint density at radius 2 is 1.79 bits per heavy atom. The summed E-state index contributed by atoms with van der Waals surface area (Å²) in [5.74, 6) is -1.90. The first-order chi connectivity index (χ1) is 13.5. The van der Waals surface area contributed by atoms with Crippen LogP contribution in [0.5, 0.6) is 0 Å². The Bertz CT molecular complexity index is 731. The van der Waals surface area contributed by atoms with Gasteiger partial charge in [-0.25, -0.2) is 0 Å². The Labute approximate surface area is 171 Å². The van der Waals surface area contributed by atoms with Gasteiger partial charge >= 0.3 is 0 Å². The zero-order valence-electron chi connectivity index (χ0n) is 17.3. The van der Waals surface area contributed by atoms with Crippen molar-refractivity contribution in [3.05, 3.63) is 23.5 Å². The molecule has 0 heterocycles. The molecule has 7 atom stereocenters. The first kappa shape index (κ1) is 22.4. The van der Waals surface area contributed by atoms with E-state index in [1.807, 2.05) is 0 Å². The van der Waals surface area contributed by atoms with Crippen molar-refractivity contribution in [2.45, 2.75) is 70.2 Å². The van der Waals surface area contributed by atoms with Gasteiger partial charge in [0.05, 0.1) is 6.61 Å². The molecule has 0 amide bonds. The second kappa shape index (κ2) is 7.46. The van der Waals surface area contributed by atoms with E-state index in [9.17, 15) is 35.4 Å². The van der Waals surface area contributed by atoms with Crippen molar-refractivity contribution in [2.24, 2.45) is 22.7 Å². The van der Waals surface area contributed by atoms with Gasteiger partial charge in [0.2, 0.25) is 5.78 Å². The molecule has 0 aromatic heterocycles. The van der Waals surface area contributed by atoms with Gasteiger partial charge in [-0.1, -0.05) is 32.4 Å². The first-order valence-corrected chi connectivity index (χ1v) is 10.4. The van der Waals surface area contributed by atoms with Crippen LogP contribution in [-0.2, 0) is 4.79 Å². The molecule has 0 aliphatic heterocycles. The number of hydrogen-bond acceptors (Lipinski definition) is 7. The fraction of sp³-hybridized carbons (Fsp3) is 0.773. The number of rotatable bonds is 4. The average Bonchev–Trinajstić information content (AvgIpc) is 2.69. The lowest BCUT2D eigenvalue weighted by molar-refractivity contribution is -0.172. The van der Waals surface area contributed by atoms with Crippen LogP contribution in [0.25, 0.3) is 0 Å². The van der Waals surface area contributed by atoms with E-state index in [1.165, 1.54) is 0 Å². The van der Waals surface area contributed by atoms with E-state index in [4.69, 9.17) is 0 Å². The maximum atomic E-state index is 12.4. The van der Waals surface area contributed by atoms with Gasteiger partial charge in [0.25, 0.3) is 0 Å². The molecule has 29 heavy (non-hydrogen) atoms. The summed E-state index contributed by atoms with van der Waals surface area (Å²) in [4.78, 5) is 12.4.